The van der Waals surface area contributed by atoms with E-state index in [0.717, 1.165) is 24.3 Å². The lowest BCUT2D eigenvalue weighted by Gasteiger charge is -2.16. The van der Waals surface area contributed by atoms with Crippen LogP contribution in [0.25, 0.3) is 0 Å². The van der Waals surface area contributed by atoms with Crippen LogP contribution < -0.4 is 15.4 Å². The number of rotatable bonds is 9. The van der Waals surface area contributed by atoms with Gasteiger partial charge in [0, 0.05) is 12.6 Å². The molecule has 1 unspecified atom stereocenters. The van der Waals surface area contributed by atoms with Crippen LogP contribution in [0.3, 0.4) is 0 Å². The number of hydrogen-bond acceptors (Lipinski definition) is 3. The minimum absolute atomic E-state index is 0. The molecule has 5 heteroatoms. The van der Waals surface area contributed by atoms with E-state index in [9.17, 15) is 4.79 Å². The highest BCUT2D eigenvalue weighted by atomic mass is 35.5. The second kappa shape index (κ2) is 11.3. The van der Waals surface area contributed by atoms with Crippen LogP contribution in [0.5, 0.6) is 5.75 Å². The third-order valence-corrected chi connectivity index (χ3v) is 3.58. The maximum atomic E-state index is 11.8. The molecule has 1 rings (SSSR count). The van der Waals surface area contributed by atoms with E-state index in [1.165, 1.54) is 0 Å². The maximum Gasteiger partial charge on any atom is 0.257 e. The van der Waals surface area contributed by atoms with E-state index in [1.807, 2.05) is 32.0 Å². The molecule has 1 amide bonds. The summed E-state index contributed by atoms with van der Waals surface area (Å²) < 4.78 is 5.68. The lowest BCUT2D eigenvalue weighted by molar-refractivity contribution is -0.123. The van der Waals surface area contributed by atoms with Crippen LogP contribution in [-0.4, -0.2) is 31.6 Å². The Labute approximate surface area is 140 Å². The molecule has 2 N–H and O–H groups in total. The molecule has 0 aliphatic carbocycles. The van der Waals surface area contributed by atoms with Crippen molar-refractivity contribution in [3.63, 3.8) is 0 Å². The van der Waals surface area contributed by atoms with Crippen LogP contribution in [0.2, 0.25) is 0 Å². The van der Waals surface area contributed by atoms with Gasteiger partial charge in [0.25, 0.3) is 5.91 Å². The molecule has 0 fully saturated rings. The second-order valence-corrected chi connectivity index (χ2v) is 5.40. The highest BCUT2D eigenvalue weighted by molar-refractivity contribution is 5.85. The molecule has 1 aromatic carbocycles. The number of ether oxygens (including phenoxy) is 1. The number of benzene rings is 1. The van der Waals surface area contributed by atoms with E-state index in [2.05, 4.69) is 30.5 Å². The summed E-state index contributed by atoms with van der Waals surface area (Å²) >= 11 is 0. The fourth-order valence-electron chi connectivity index (χ4n) is 2.12. The zero-order valence-corrected chi connectivity index (χ0v) is 14.8. The summed E-state index contributed by atoms with van der Waals surface area (Å²) in [5, 5.41) is 6.12. The van der Waals surface area contributed by atoms with Crippen LogP contribution in [0.15, 0.2) is 24.3 Å². The van der Waals surface area contributed by atoms with Crippen molar-refractivity contribution in [1.29, 1.82) is 0 Å². The summed E-state index contributed by atoms with van der Waals surface area (Å²) in [4.78, 5) is 11.8. The number of carbonyl (C=O) groups is 1. The molecule has 0 saturated heterocycles. The summed E-state index contributed by atoms with van der Waals surface area (Å²) in [5.74, 6) is 1.15. The fourth-order valence-corrected chi connectivity index (χ4v) is 2.12. The zero-order valence-electron chi connectivity index (χ0n) is 14.0. The number of nitrogens with one attached hydrogen (secondary N) is 2. The van der Waals surface area contributed by atoms with Crippen molar-refractivity contribution in [2.75, 3.05) is 19.7 Å². The first-order valence-electron chi connectivity index (χ1n) is 7.80. The second-order valence-electron chi connectivity index (χ2n) is 5.40. The van der Waals surface area contributed by atoms with Crippen LogP contribution >= 0.6 is 12.4 Å². The zero-order chi connectivity index (χ0) is 15.7. The molecule has 4 nitrogen and oxygen atoms in total. The van der Waals surface area contributed by atoms with Gasteiger partial charge < -0.3 is 15.4 Å². The van der Waals surface area contributed by atoms with Gasteiger partial charge in [-0.1, -0.05) is 39.0 Å². The highest BCUT2D eigenvalue weighted by Crippen LogP contribution is 2.28. The molecule has 0 bridgehead atoms. The van der Waals surface area contributed by atoms with Gasteiger partial charge in [-0.3, -0.25) is 4.79 Å². The molecular weight excluding hydrogens is 300 g/mol. The Kier molecular flexibility index (Phi) is 10.7. The normalized spacial score (nSPS) is 12.9. The molecule has 0 spiro atoms. The van der Waals surface area contributed by atoms with Gasteiger partial charge in [0.2, 0.25) is 0 Å². The average molecular weight is 329 g/mol. The third-order valence-electron chi connectivity index (χ3n) is 3.58. The summed E-state index contributed by atoms with van der Waals surface area (Å²) in [5.41, 5.74) is 1.16. The van der Waals surface area contributed by atoms with Crippen molar-refractivity contribution in [3.8, 4) is 5.75 Å². The fraction of sp³-hybridized carbons (Fsp3) is 0.588. The molecule has 126 valence electrons. The Hall–Kier alpha value is -1.26. The smallest absolute Gasteiger partial charge is 0.257 e. The molecule has 0 radical (unpaired) electrons. The number of para-hydroxylation sites is 1. The predicted molar refractivity (Wildman–Crippen MR) is 94.0 cm³/mol. The molecule has 1 aromatic rings. The monoisotopic (exact) mass is 328 g/mol. The van der Waals surface area contributed by atoms with Gasteiger partial charge >= 0.3 is 0 Å². The van der Waals surface area contributed by atoms with Gasteiger partial charge in [-0.2, -0.15) is 0 Å². The molecular formula is C17H29ClN2O2. The number of halogens is 1. The molecule has 2 atom stereocenters. The Morgan fingerprint density at radius 3 is 2.55 bits per heavy atom. The molecule has 0 aliphatic rings. The van der Waals surface area contributed by atoms with Gasteiger partial charge in [-0.05, 0) is 37.4 Å². The molecule has 22 heavy (non-hydrogen) atoms. The largest absolute Gasteiger partial charge is 0.483 e. The van der Waals surface area contributed by atoms with Crippen LogP contribution in [0.1, 0.15) is 45.6 Å². The quantitative estimate of drug-likeness (QED) is 0.732. The van der Waals surface area contributed by atoms with Crippen molar-refractivity contribution in [1.82, 2.24) is 10.6 Å². The molecule has 0 saturated carbocycles. The van der Waals surface area contributed by atoms with Crippen molar-refractivity contribution in [2.24, 2.45) is 0 Å². The topological polar surface area (TPSA) is 50.4 Å². The van der Waals surface area contributed by atoms with Gasteiger partial charge in [0.05, 0.1) is 0 Å². The molecule has 0 aliphatic heterocycles. The maximum absolute atomic E-state index is 11.8. The van der Waals surface area contributed by atoms with E-state index >= 15 is 0 Å². The van der Waals surface area contributed by atoms with Gasteiger partial charge in [-0.15, -0.1) is 12.4 Å². The average Bonchev–Trinajstić information content (AvgIpc) is 2.50. The summed E-state index contributed by atoms with van der Waals surface area (Å²) in [7, 11) is 0. The predicted octanol–water partition coefficient (Wildman–Crippen LogP) is 3.11. The summed E-state index contributed by atoms with van der Waals surface area (Å²) in [6, 6.07) is 8.20. The summed E-state index contributed by atoms with van der Waals surface area (Å²) in [6.45, 7) is 9.98. The van der Waals surface area contributed by atoms with Gasteiger partial charge in [-0.25, -0.2) is 0 Å². The first-order valence-corrected chi connectivity index (χ1v) is 7.80. The van der Waals surface area contributed by atoms with Crippen LogP contribution in [0, 0.1) is 0 Å². The van der Waals surface area contributed by atoms with Crippen LogP contribution in [-0.2, 0) is 4.79 Å². The van der Waals surface area contributed by atoms with E-state index in [-0.39, 0.29) is 31.0 Å². The standard InChI is InChI=1S/C17H28N2O2.ClH/c1-5-13(3)15-9-7-8-10-16(15)21-12-17(20)19-11-14(4)18-6-2;/h7-10,13-14,18H,5-6,11-12H2,1-4H3,(H,19,20);1H/t13?,14-;/m1./s1. The van der Waals surface area contributed by atoms with E-state index in [0.29, 0.717) is 12.5 Å². The Morgan fingerprint density at radius 1 is 1.23 bits per heavy atom. The third kappa shape index (κ3) is 7.14. The Balaban J connectivity index is 0.00000441. The Morgan fingerprint density at radius 2 is 1.91 bits per heavy atom. The van der Waals surface area contributed by atoms with Crippen LogP contribution in [0.4, 0.5) is 0 Å². The van der Waals surface area contributed by atoms with Crippen molar-refractivity contribution < 1.29 is 9.53 Å². The molecule has 0 aromatic heterocycles. The van der Waals surface area contributed by atoms with E-state index < -0.39 is 0 Å². The number of amides is 1. The minimum atomic E-state index is -0.0845. The first kappa shape index (κ1) is 20.7. The number of carbonyl (C=O) groups excluding carboxylic acids is 1. The minimum Gasteiger partial charge on any atom is -0.483 e. The van der Waals surface area contributed by atoms with Crippen molar-refractivity contribution in [2.45, 2.75) is 46.1 Å². The summed E-state index contributed by atoms with van der Waals surface area (Å²) in [6.07, 6.45) is 1.05. The van der Waals surface area contributed by atoms with E-state index in [4.69, 9.17) is 4.74 Å². The number of likely N-dealkylation sites (N-methyl/N-ethyl adjacent to an activating group) is 1. The number of hydrogen-bond donors (Lipinski definition) is 2. The van der Waals surface area contributed by atoms with E-state index in [1.54, 1.807) is 0 Å². The Bertz CT molecular complexity index is 440. The van der Waals surface area contributed by atoms with Crippen molar-refractivity contribution in [3.05, 3.63) is 29.8 Å². The van der Waals surface area contributed by atoms with Gasteiger partial charge in [0.15, 0.2) is 6.61 Å². The van der Waals surface area contributed by atoms with Gasteiger partial charge in [0.1, 0.15) is 5.75 Å². The molecule has 0 heterocycles. The van der Waals surface area contributed by atoms with Crippen molar-refractivity contribution >= 4 is 18.3 Å². The highest BCUT2D eigenvalue weighted by Gasteiger charge is 2.11. The lowest BCUT2D eigenvalue weighted by Crippen LogP contribution is -2.40. The lowest BCUT2D eigenvalue weighted by atomic mass is 9.98. The first-order chi connectivity index (χ1) is 10.1. The SMILES string of the molecule is CCN[C@H](C)CNC(=O)COc1ccccc1C(C)CC.Cl.